The van der Waals surface area contributed by atoms with Gasteiger partial charge in [0.2, 0.25) is 10.0 Å². The van der Waals surface area contributed by atoms with E-state index in [4.69, 9.17) is 11.6 Å². The summed E-state index contributed by atoms with van der Waals surface area (Å²) in [7, 11) is -3.43. The van der Waals surface area contributed by atoms with E-state index in [9.17, 15) is 8.42 Å². The smallest absolute Gasteiger partial charge is 0.240 e. The van der Waals surface area contributed by atoms with Crippen LogP contribution in [0.5, 0.6) is 0 Å². The van der Waals surface area contributed by atoms with Crippen LogP contribution in [0.1, 0.15) is 54.7 Å². The summed E-state index contributed by atoms with van der Waals surface area (Å²) in [5, 5.41) is 4.84. The fraction of sp³-hybridized carbons (Fsp3) is 0.419. The zero-order valence-electron chi connectivity index (χ0n) is 21.3. The predicted molar refractivity (Wildman–Crippen MR) is 152 cm³/mol. The van der Waals surface area contributed by atoms with Crippen LogP contribution in [0.2, 0.25) is 5.02 Å². The lowest BCUT2D eigenvalue weighted by Gasteiger charge is -2.37. The number of sulfonamides is 1. The highest BCUT2D eigenvalue weighted by Crippen LogP contribution is 2.39. The topological polar surface area (TPSA) is 58.2 Å². The molecule has 0 spiro atoms. The standard InChI is InChI=1S/C31H37ClN2O2S/c32-29-13-7-10-26-18-19-30(28(31(26)29)20-23-8-3-1-4-9-23)33-21-24-14-16-25(17-15-24)22-34-37(35,36)27-11-5-2-6-12-27/h1-13,24-25,28,30,33-34H,14-22H2. The Morgan fingerprint density at radius 2 is 1.41 bits per heavy atom. The normalized spacial score (nSPS) is 23.9. The molecule has 3 aromatic rings. The Morgan fingerprint density at radius 3 is 2.11 bits per heavy atom. The van der Waals surface area contributed by atoms with E-state index in [1.54, 1.807) is 24.3 Å². The first-order chi connectivity index (χ1) is 18.0. The summed E-state index contributed by atoms with van der Waals surface area (Å²) >= 11 is 6.76. The molecule has 2 aliphatic rings. The Hall–Kier alpha value is -2.18. The van der Waals surface area contributed by atoms with Crippen LogP contribution in [-0.4, -0.2) is 27.5 Å². The number of hydrogen-bond donors (Lipinski definition) is 2. The quantitative estimate of drug-likeness (QED) is 0.335. The van der Waals surface area contributed by atoms with E-state index in [2.05, 4.69) is 52.5 Å². The molecule has 5 rings (SSSR count). The molecule has 1 fully saturated rings. The van der Waals surface area contributed by atoms with Gasteiger partial charge in [-0.3, -0.25) is 0 Å². The number of nitrogens with one attached hydrogen (secondary N) is 2. The Morgan fingerprint density at radius 1 is 0.757 bits per heavy atom. The molecule has 37 heavy (non-hydrogen) atoms. The monoisotopic (exact) mass is 536 g/mol. The molecule has 0 aliphatic heterocycles. The molecule has 0 radical (unpaired) electrons. The third-order valence-electron chi connectivity index (χ3n) is 8.27. The third-order valence-corrected chi connectivity index (χ3v) is 10.0. The van der Waals surface area contributed by atoms with Crippen molar-refractivity contribution < 1.29 is 8.42 Å². The molecule has 0 aromatic heterocycles. The molecular weight excluding hydrogens is 500 g/mol. The summed E-state index contributed by atoms with van der Waals surface area (Å²) in [5.41, 5.74) is 4.07. The van der Waals surface area contributed by atoms with Gasteiger partial charge in [-0.2, -0.15) is 0 Å². The Kier molecular flexibility index (Phi) is 8.66. The minimum Gasteiger partial charge on any atom is -0.313 e. The van der Waals surface area contributed by atoms with Crippen molar-refractivity contribution in [3.05, 3.63) is 101 Å². The number of benzene rings is 3. The van der Waals surface area contributed by atoms with Gasteiger partial charge in [-0.1, -0.05) is 72.3 Å². The molecule has 0 saturated heterocycles. The highest BCUT2D eigenvalue weighted by atomic mass is 35.5. The van der Waals surface area contributed by atoms with E-state index < -0.39 is 10.0 Å². The summed E-state index contributed by atoms with van der Waals surface area (Å²) < 4.78 is 28.0. The lowest BCUT2D eigenvalue weighted by atomic mass is 9.75. The van der Waals surface area contributed by atoms with Crippen LogP contribution in [0.3, 0.4) is 0 Å². The van der Waals surface area contributed by atoms with E-state index in [-0.39, 0.29) is 0 Å². The first-order valence-corrected chi connectivity index (χ1v) is 15.4. The average Bonchev–Trinajstić information content (AvgIpc) is 2.93. The van der Waals surface area contributed by atoms with Gasteiger partial charge in [-0.05, 0) is 98.2 Å². The molecule has 1 saturated carbocycles. The highest BCUT2D eigenvalue weighted by molar-refractivity contribution is 7.89. The Labute approximate surface area is 226 Å². The van der Waals surface area contributed by atoms with Gasteiger partial charge in [0, 0.05) is 23.5 Å². The van der Waals surface area contributed by atoms with Crippen molar-refractivity contribution in [1.82, 2.24) is 10.0 Å². The fourth-order valence-electron chi connectivity index (χ4n) is 6.15. The van der Waals surface area contributed by atoms with Crippen molar-refractivity contribution in [3.8, 4) is 0 Å². The third kappa shape index (κ3) is 6.64. The second-order valence-electron chi connectivity index (χ2n) is 10.7. The van der Waals surface area contributed by atoms with Crippen LogP contribution in [0, 0.1) is 11.8 Å². The molecule has 0 heterocycles. The van der Waals surface area contributed by atoms with Crippen molar-refractivity contribution in [2.24, 2.45) is 11.8 Å². The fourth-order valence-corrected chi connectivity index (χ4v) is 7.62. The van der Waals surface area contributed by atoms with Crippen molar-refractivity contribution in [1.29, 1.82) is 0 Å². The Balaban J connectivity index is 1.15. The molecule has 2 aliphatic carbocycles. The van der Waals surface area contributed by atoms with Gasteiger partial charge in [0.05, 0.1) is 4.90 Å². The van der Waals surface area contributed by atoms with Gasteiger partial charge in [0.25, 0.3) is 0 Å². The van der Waals surface area contributed by atoms with E-state index in [1.807, 2.05) is 12.1 Å². The van der Waals surface area contributed by atoms with Crippen LogP contribution in [0.25, 0.3) is 0 Å². The van der Waals surface area contributed by atoms with Gasteiger partial charge in [0.1, 0.15) is 0 Å². The first-order valence-electron chi connectivity index (χ1n) is 13.6. The van der Waals surface area contributed by atoms with Gasteiger partial charge in [0.15, 0.2) is 0 Å². The molecule has 2 atom stereocenters. The number of rotatable bonds is 9. The van der Waals surface area contributed by atoms with Crippen LogP contribution in [-0.2, 0) is 22.9 Å². The summed E-state index contributed by atoms with van der Waals surface area (Å²) in [5.74, 6) is 1.40. The summed E-state index contributed by atoms with van der Waals surface area (Å²) in [6.07, 6.45) is 7.58. The lowest BCUT2D eigenvalue weighted by molar-refractivity contribution is 0.252. The maximum atomic E-state index is 12.6. The minimum atomic E-state index is -3.43. The van der Waals surface area contributed by atoms with Crippen molar-refractivity contribution in [2.75, 3.05) is 13.1 Å². The minimum absolute atomic E-state index is 0.340. The van der Waals surface area contributed by atoms with Crippen molar-refractivity contribution >= 4 is 21.6 Å². The van der Waals surface area contributed by atoms with E-state index >= 15 is 0 Å². The highest BCUT2D eigenvalue weighted by Gasteiger charge is 2.32. The van der Waals surface area contributed by atoms with Crippen molar-refractivity contribution in [3.63, 3.8) is 0 Å². The van der Waals surface area contributed by atoms with Crippen LogP contribution in [0.4, 0.5) is 0 Å². The zero-order valence-corrected chi connectivity index (χ0v) is 22.9. The summed E-state index contributed by atoms with van der Waals surface area (Å²) in [4.78, 5) is 0.340. The number of aryl methyl sites for hydroxylation is 1. The molecule has 3 aromatic carbocycles. The van der Waals surface area contributed by atoms with Crippen LogP contribution in [0.15, 0.2) is 83.8 Å². The number of hydrogen-bond acceptors (Lipinski definition) is 3. The van der Waals surface area contributed by atoms with Gasteiger partial charge < -0.3 is 5.32 Å². The van der Waals surface area contributed by atoms with E-state index in [0.717, 1.165) is 56.5 Å². The molecular formula is C31H37ClN2O2S. The lowest BCUT2D eigenvalue weighted by Crippen LogP contribution is -2.42. The average molecular weight is 537 g/mol. The van der Waals surface area contributed by atoms with Crippen LogP contribution < -0.4 is 10.0 Å². The van der Waals surface area contributed by atoms with Gasteiger partial charge >= 0.3 is 0 Å². The van der Waals surface area contributed by atoms with Crippen LogP contribution >= 0.6 is 11.6 Å². The first kappa shape index (κ1) is 26.4. The molecule has 6 heteroatoms. The number of fused-ring (bicyclic) bond motifs is 1. The Bertz CT molecular complexity index is 1260. The van der Waals surface area contributed by atoms with E-state index in [0.29, 0.717) is 35.2 Å². The second kappa shape index (κ2) is 12.1. The zero-order chi connectivity index (χ0) is 25.7. The molecule has 2 N–H and O–H groups in total. The second-order valence-corrected chi connectivity index (χ2v) is 12.9. The largest absolute Gasteiger partial charge is 0.313 e. The van der Waals surface area contributed by atoms with Crippen molar-refractivity contribution in [2.45, 2.75) is 61.8 Å². The molecule has 0 bridgehead atoms. The summed E-state index contributed by atoms with van der Waals surface area (Å²) in [6, 6.07) is 26.1. The number of halogens is 1. The molecule has 196 valence electrons. The molecule has 4 nitrogen and oxygen atoms in total. The maximum absolute atomic E-state index is 12.6. The predicted octanol–water partition coefficient (Wildman–Crippen LogP) is 6.36. The molecule has 2 unspecified atom stereocenters. The van der Waals surface area contributed by atoms with E-state index in [1.165, 1.54) is 16.7 Å². The maximum Gasteiger partial charge on any atom is 0.240 e. The van der Waals surface area contributed by atoms with Gasteiger partial charge in [-0.25, -0.2) is 13.1 Å². The SMILES string of the molecule is O=S(=O)(NCC1CCC(CNC2CCc3cccc(Cl)c3C2Cc2ccccc2)CC1)c1ccccc1. The molecule has 0 amide bonds. The van der Waals surface area contributed by atoms with Gasteiger partial charge in [-0.15, -0.1) is 0 Å². The summed E-state index contributed by atoms with van der Waals surface area (Å²) in [6.45, 7) is 1.53.